The van der Waals surface area contributed by atoms with Crippen LogP contribution < -0.4 is 5.32 Å². The molecule has 0 amide bonds. The fourth-order valence-electron chi connectivity index (χ4n) is 1.38. The van der Waals surface area contributed by atoms with E-state index >= 15 is 0 Å². The summed E-state index contributed by atoms with van der Waals surface area (Å²) < 4.78 is 0. The summed E-state index contributed by atoms with van der Waals surface area (Å²) in [5, 5.41) is 21.2. The molecule has 1 aromatic heterocycles. The number of anilines is 1. The number of carbonyl (C=O) groups is 1. The number of rotatable bonds is 6. The van der Waals surface area contributed by atoms with E-state index in [4.69, 9.17) is 10.2 Å². The summed E-state index contributed by atoms with van der Waals surface area (Å²) in [5.74, 6) is -0.498. The van der Waals surface area contributed by atoms with Gasteiger partial charge in [-0.25, -0.2) is 14.8 Å². The third-order valence-corrected chi connectivity index (χ3v) is 2.40. The van der Waals surface area contributed by atoms with Crippen LogP contribution in [0.3, 0.4) is 0 Å². The molecular weight excluding hydrogens is 234 g/mol. The van der Waals surface area contributed by atoms with Gasteiger partial charge in [0.25, 0.3) is 0 Å². The Morgan fingerprint density at radius 2 is 2.11 bits per heavy atom. The van der Waals surface area contributed by atoms with Gasteiger partial charge < -0.3 is 15.5 Å². The molecule has 100 valence electrons. The average molecular weight is 253 g/mol. The molecular formula is C12H19N3O3. The highest BCUT2D eigenvalue weighted by Gasteiger charge is 2.15. The molecule has 6 heteroatoms. The van der Waals surface area contributed by atoms with Crippen molar-refractivity contribution in [2.45, 2.75) is 39.2 Å². The smallest absolute Gasteiger partial charge is 0.356 e. The summed E-state index contributed by atoms with van der Waals surface area (Å²) in [5.41, 5.74) is 0.354. The predicted octanol–water partition coefficient (Wildman–Crippen LogP) is 1.48. The fourth-order valence-corrected chi connectivity index (χ4v) is 1.38. The van der Waals surface area contributed by atoms with Crippen molar-refractivity contribution in [2.75, 3.05) is 11.9 Å². The summed E-state index contributed by atoms with van der Waals surface area (Å²) >= 11 is 0. The zero-order chi connectivity index (χ0) is 13.7. The number of carboxylic acid groups (broad SMARTS) is 1. The number of aliphatic hydroxyl groups is 1. The van der Waals surface area contributed by atoms with Crippen LogP contribution >= 0.6 is 0 Å². The lowest BCUT2D eigenvalue weighted by Crippen LogP contribution is -2.15. The maximum absolute atomic E-state index is 11.1. The molecule has 0 fully saturated rings. The third kappa shape index (κ3) is 3.96. The van der Waals surface area contributed by atoms with Crippen LogP contribution in [0, 0.1) is 0 Å². The number of carboxylic acids is 1. The molecule has 18 heavy (non-hydrogen) atoms. The molecule has 6 nitrogen and oxygen atoms in total. The summed E-state index contributed by atoms with van der Waals surface area (Å²) in [6.07, 6.45) is 1.58. The molecule has 0 radical (unpaired) electrons. The van der Waals surface area contributed by atoms with E-state index in [9.17, 15) is 4.79 Å². The maximum Gasteiger partial charge on any atom is 0.356 e. The van der Waals surface area contributed by atoms with Crippen LogP contribution in [-0.2, 0) is 0 Å². The number of aliphatic hydroxyl groups excluding tert-OH is 1. The molecule has 0 aromatic carbocycles. The van der Waals surface area contributed by atoms with Crippen molar-refractivity contribution in [1.29, 1.82) is 0 Å². The molecule has 1 aromatic rings. The van der Waals surface area contributed by atoms with Gasteiger partial charge >= 0.3 is 5.97 Å². The first-order valence-corrected chi connectivity index (χ1v) is 5.94. The number of aromatic carboxylic acids is 1. The van der Waals surface area contributed by atoms with Crippen molar-refractivity contribution < 1.29 is 15.0 Å². The molecule has 0 saturated carbocycles. The molecule has 3 N–H and O–H groups in total. The second kappa shape index (κ2) is 6.30. The van der Waals surface area contributed by atoms with Gasteiger partial charge in [-0.15, -0.1) is 0 Å². The fraction of sp³-hybridized carbons (Fsp3) is 0.583. The first-order chi connectivity index (χ1) is 8.41. The van der Waals surface area contributed by atoms with Crippen LogP contribution in [0.5, 0.6) is 0 Å². The van der Waals surface area contributed by atoms with E-state index in [1.807, 2.05) is 13.8 Å². The lowest BCUT2D eigenvalue weighted by atomic mass is 10.2. The van der Waals surface area contributed by atoms with Gasteiger partial charge in [-0.05, 0) is 13.3 Å². The first-order valence-electron chi connectivity index (χ1n) is 5.94. The van der Waals surface area contributed by atoms with Gasteiger partial charge in [0.2, 0.25) is 0 Å². The van der Waals surface area contributed by atoms with Crippen LogP contribution in [0.2, 0.25) is 0 Å². The van der Waals surface area contributed by atoms with Crippen LogP contribution in [0.25, 0.3) is 0 Å². The second-order valence-corrected chi connectivity index (χ2v) is 4.51. The highest BCUT2D eigenvalue weighted by molar-refractivity contribution is 5.91. The van der Waals surface area contributed by atoms with E-state index in [1.54, 1.807) is 6.92 Å². The Morgan fingerprint density at radius 3 is 2.61 bits per heavy atom. The Balaban J connectivity index is 2.87. The van der Waals surface area contributed by atoms with Gasteiger partial charge in [0.15, 0.2) is 5.69 Å². The van der Waals surface area contributed by atoms with E-state index in [2.05, 4.69) is 15.3 Å². The SMILES string of the molecule is CC(O)CCNc1cnc(C(C)C)nc1C(=O)O. The Labute approximate surface area is 106 Å². The Morgan fingerprint density at radius 1 is 1.44 bits per heavy atom. The molecule has 0 aliphatic heterocycles. The normalized spacial score (nSPS) is 12.5. The van der Waals surface area contributed by atoms with E-state index in [1.165, 1.54) is 6.20 Å². The van der Waals surface area contributed by atoms with E-state index in [0.29, 0.717) is 24.5 Å². The quantitative estimate of drug-likeness (QED) is 0.710. The van der Waals surface area contributed by atoms with E-state index < -0.39 is 12.1 Å². The molecule has 0 spiro atoms. The Hall–Kier alpha value is -1.69. The average Bonchev–Trinajstić information content (AvgIpc) is 2.28. The van der Waals surface area contributed by atoms with Crippen molar-refractivity contribution >= 4 is 11.7 Å². The van der Waals surface area contributed by atoms with Crippen LogP contribution in [0.1, 0.15) is 49.4 Å². The highest BCUT2D eigenvalue weighted by atomic mass is 16.4. The van der Waals surface area contributed by atoms with Crippen LogP contribution in [-0.4, -0.2) is 38.8 Å². The minimum Gasteiger partial charge on any atom is -0.476 e. The largest absolute Gasteiger partial charge is 0.476 e. The van der Waals surface area contributed by atoms with Crippen molar-refractivity contribution in [1.82, 2.24) is 9.97 Å². The van der Waals surface area contributed by atoms with E-state index in [0.717, 1.165) is 0 Å². The zero-order valence-corrected chi connectivity index (χ0v) is 10.8. The van der Waals surface area contributed by atoms with Gasteiger partial charge in [-0.3, -0.25) is 0 Å². The zero-order valence-electron chi connectivity index (χ0n) is 10.8. The van der Waals surface area contributed by atoms with Gasteiger partial charge in [-0.2, -0.15) is 0 Å². The first kappa shape index (κ1) is 14.4. The van der Waals surface area contributed by atoms with Gasteiger partial charge in [-0.1, -0.05) is 13.8 Å². The third-order valence-electron chi connectivity index (χ3n) is 2.40. The monoisotopic (exact) mass is 253 g/mol. The van der Waals surface area contributed by atoms with Gasteiger partial charge in [0.1, 0.15) is 5.82 Å². The number of aromatic nitrogens is 2. The van der Waals surface area contributed by atoms with Crippen LogP contribution in [0.15, 0.2) is 6.20 Å². The van der Waals surface area contributed by atoms with Crippen LogP contribution in [0.4, 0.5) is 5.69 Å². The number of nitrogens with one attached hydrogen (secondary N) is 1. The lowest BCUT2D eigenvalue weighted by molar-refractivity contribution is 0.0691. The summed E-state index contributed by atoms with van der Waals surface area (Å²) in [7, 11) is 0. The topological polar surface area (TPSA) is 95.3 Å². The summed E-state index contributed by atoms with van der Waals surface area (Å²) in [6, 6.07) is 0. The predicted molar refractivity (Wildman–Crippen MR) is 67.9 cm³/mol. The maximum atomic E-state index is 11.1. The highest BCUT2D eigenvalue weighted by Crippen LogP contribution is 2.16. The minimum absolute atomic E-state index is 0.0284. The molecule has 0 aliphatic carbocycles. The minimum atomic E-state index is -1.08. The molecule has 1 atom stereocenters. The summed E-state index contributed by atoms with van der Waals surface area (Å²) in [4.78, 5) is 19.3. The molecule has 0 saturated heterocycles. The molecule has 1 rings (SSSR count). The Bertz CT molecular complexity index is 419. The van der Waals surface area contributed by atoms with Crippen molar-refractivity contribution in [3.8, 4) is 0 Å². The molecule has 1 heterocycles. The molecule has 0 bridgehead atoms. The van der Waals surface area contributed by atoms with Crippen molar-refractivity contribution in [2.24, 2.45) is 0 Å². The number of nitrogens with zero attached hydrogens (tertiary/aromatic N) is 2. The van der Waals surface area contributed by atoms with Crippen molar-refractivity contribution in [3.63, 3.8) is 0 Å². The molecule has 0 aliphatic rings. The second-order valence-electron chi connectivity index (χ2n) is 4.51. The lowest BCUT2D eigenvalue weighted by Gasteiger charge is -2.11. The standard InChI is InChI=1S/C12H19N3O3/c1-7(2)11-14-6-9(10(15-11)12(17)18)13-5-4-8(3)16/h6-8,13,16H,4-5H2,1-3H3,(H,17,18). The van der Waals surface area contributed by atoms with Gasteiger partial charge in [0, 0.05) is 12.5 Å². The summed E-state index contributed by atoms with van der Waals surface area (Å²) in [6.45, 7) is 5.96. The van der Waals surface area contributed by atoms with Crippen molar-refractivity contribution in [3.05, 3.63) is 17.7 Å². The van der Waals surface area contributed by atoms with E-state index in [-0.39, 0.29) is 11.6 Å². The Kier molecular flexibility index (Phi) is 5.03. The van der Waals surface area contributed by atoms with Gasteiger partial charge in [0.05, 0.1) is 18.0 Å². The number of hydrogen-bond acceptors (Lipinski definition) is 5. The number of hydrogen-bond donors (Lipinski definition) is 3. The molecule has 1 unspecified atom stereocenters.